The number of esters is 1. The fourth-order valence-electron chi connectivity index (χ4n) is 2.69. The molecule has 0 saturated carbocycles. The molecule has 1 fully saturated rings. The number of carbonyl (C=O) groups excluding carboxylic acids is 1. The van der Waals surface area contributed by atoms with Crippen molar-refractivity contribution >= 4 is 11.6 Å². The number of hydrogen-bond donors (Lipinski definition) is 0. The third-order valence-electron chi connectivity index (χ3n) is 3.76. The van der Waals surface area contributed by atoms with E-state index in [0.717, 1.165) is 31.0 Å². The summed E-state index contributed by atoms with van der Waals surface area (Å²) in [5, 5.41) is 4.52. The number of hydrogen-bond acceptors (Lipinski definition) is 5. The number of aromatic nitrogens is 3. The summed E-state index contributed by atoms with van der Waals surface area (Å²) in [5.74, 6) is 0.871. The fraction of sp³-hybridized carbons (Fsp3) is 0.500. The Bertz CT molecular complexity index is 637. The topological polar surface area (TPSA) is 59.7 Å². The molecular formula is C14H18N4O2. The largest absolute Gasteiger partial charge is 0.465 e. The summed E-state index contributed by atoms with van der Waals surface area (Å²) in [6.07, 6.45) is 3.96. The number of pyridine rings is 1. The van der Waals surface area contributed by atoms with Gasteiger partial charge in [-0.3, -0.25) is 0 Å². The van der Waals surface area contributed by atoms with E-state index >= 15 is 0 Å². The van der Waals surface area contributed by atoms with Crippen molar-refractivity contribution in [3.05, 3.63) is 29.7 Å². The van der Waals surface area contributed by atoms with Crippen molar-refractivity contribution in [1.29, 1.82) is 0 Å². The standard InChI is InChI=1S/C14H18N4O2/c1-17-7-3-4-10(8-17)13-15-12-6-5-11(14(19)20-2)9-18(12)16-13/h5-6,9-10H,3-4,7-8H2,1-2H3. The van der Waals surface area contributed by atoms with Crippen LogP contribution in [-0.2, 0) is 4.74 Å². The predicted octanol–water partition coefficient (Wildman–Crippen LogP) is 1.33. The number of piperidine rings is 1. The molecule has 0 aliphatic carbocycles. The van der Waals surface area contributed by atoms with E-state index in [1.54, 1.807) is 22.8 Å². The molecule has 3 heterocycles. The molecule has 1 aliphatic heterocycles. The molecule has 20 heavy (non-hydrogen) atoms. The molecular weight excluding hydrogens is 256 g/mol. The van der Waals surface area contributed by atoms with Gasteiger partial charge in [0.25, 0.3) is 0 Å². The maximum atomic E-state index is 11.5. The first-order valence-corrected chi connectivity index (χ1v) is 6.80. The van der Waals surface area contributed by atoms with Gasteiger partial charge < -0.3 is 9.64 Å². The lowest BCUT2D eigenvalue weighted by molar-refractivity contribution is 0.0600. The van der Waals surface area contributed by atoms with E-state index in [2.05, 4.69) is 22.0 Å². The Morgan fingerprint density at radius 2 is 2.30 bits per heavy atom. The third kappa shape index (κ3) is 2.38. The van der Waals surface area contributed by atoms with Crippen molar-refractivity contribution in [2.24, 2.45) is 0 Å². The summed E-state index contributed by atoms with van der Waals surface area (Å²) in [6.45, 7) is 2.12. The van der Waals surface area contributed by atoms with Gasteiger partial charge >= 0.3 is 5.97 Å². The minimum Gasteiger partial charge on any atom is -0.465 e. The highest BCUT2D eigenvalue weighted by Crippen LogP contribution is 2.24. The summed E-state index contributed by atoms with van der Waals surface area (Å²) in [7, 11) is 3.49. The fourth-order valence-corrected chi connectivity index (χ4v) is 2.69. The number of nitrogens with zero attached hydrogens (tertiary/aromatic N) is 4. The molecule has 0 aromatic carbocycles. The van der Waals surface area contributed by atoms with Crippen LogP contribution in [0.15, 0.2) is 18.3 Å². The predicted molar refractivity (Wildman–Crippen MR) is 73.8 cm³/mol. The van der Waals surface area contributed by atoms with E-state index in [9.17, 15) is 4.79 Å². The zero-order valence-electron chi connectivity index (χ0n) is 11.7. The molecule has 1 saturated heterocycles. The van der Waals surface area contributed by atoms with Gasteiger partial charge in [-0.2, -0.15) is 5.10 Å². The molecule has 0 N–H and O–H groups in total. The lowest BCUT2D eigenvalue weighted by Crippen LogP contribution is -2.31. The SMILES string of the molecule is COC(=O)c1ccc2nc(C3CCCN(C)C3)nn2c1. The Kier molecular flexibility index (Phi) is 3.40. The molecule has 0 spiro atoms. The van der Waals surface area contributed by atoms with E-state index in [1.165, 1.54) is 13.5 Å². The van der Waals surface area contributed by atoms with Gasteiger partial charge in [-0.1, -0.05) is 0 Å². The average molecular weight is 274 g/mol. The normalized spacial score (nSPS) is 20.2. The quantitative estimate of drug-likeness (QED) is 0.773. The number of likely N-dealkylation sites (tertiary alicyclic amines) is 1. The Morgan fingerprint density at radius 1 is 1.45 bits per heavy atom. The first-order chi connectivity index (χ1) is 9.67. The number of methoxy groups -OCH3 is 1. The van der Waals surface area contributed by atoms with Crippen molar-refractivity contribution in [2.45, 2.75) is 18.8 Å². The van der Waals surface area contributed by atoms with Crippen LogP contribution in [0.25, 0.3) is 5.65 Å². The summed E-state index contributed by atoms with van der Waals surface area (Å²) in [5.41, 5.74) is 1.25. The van der Waals surface area contributed by atoms with Gasteiger partial charge in [0.05, 0.1) is 12.7 Å². The van der Waals surface area contributed by atoms with Crippen LogP contribution < -0.4 is 0 Å². The van der Waals surface area contributed by atoms with Crippen molar-refractivity contribution in [1.82, 2.24) is 19.5 Å². The number of fused-ring (bicyclic) bond motifs is 1. The molecule has 106 valence electrons. The molecule has 0 amide bonds. The summed E-state index contributed by atoms with van der Waals surface area (Å²) in [6, 6.07) is 3.52. The highest BCUT2D eigenvalue weighted by Gasteiger charge is 2.22. The van der Waals surface area contributed by atoms with E-state index in [4.69, 9.17) is 4.74 Å². The first kappa shape index (κ1) is 13.1. The first-order valence-electron chi connectivity index (χ1n) is 6.80. The Hall–Kier alpha value is -1.95. The van der Waals surface area contributed by atoms with Crippen LogP contribution in [0, 0.1) is 0 Å². The van der Waals surface area contributed by atoms with Crippen molar-refractivity contribution < 1.29 is 9.53 Å². The number of ether oxygens (including phenoxy) is 1. The van der Waals surface area contributed by atoms with Crippen molar-refractivity contribution in [3.8, 4) is 0 Å². The maximum absolute atomic E-state index is 11.5. The second-order valence-corrected chi connectivity index (χ2v) is 5.28. The summed E-state index contributed by atoms with van der Waals surface area (Å²) in [4.78, 5) is 18.4. The zero-order valence-corrected chi connectivity index (χ0v) is 11.7. The number of likely N-dealkylation sites (N-methyl/N-ethyl adjacent to an activating group) is 1. The van der Waals surface area contributed by atoms with Crippen molar-refractivity contribution in [3.63, 3.8) is 0 Å². The Labute approximate surface area is 117 Å². The molecule has 0 bridgehead atoms. The summed E-state index contributed by atoms with van der Waals surface area (Å²) >= 11 is 0. The minimum atomic E-state index is -0.360. The second kappa shape index (κ2) is 5.20. The third-order valence-corrected chi connectivity index (χ3v) is 3.76. The molecule has 1 aliphatic rings. The number of rotatable bonds is 2. The van der Waals surface area contributed by atoms with Crippen molar-refractivity contribution in [2.75, 3.05) is 27.2 Å². The molecule has 2 aromatic heterocycles. The van der Waals surface area contributed by atoms with Gasteiger partial charge in [0, 0.05) is 18.7 Å². The van der Waals surface area contributed by atoms with Gasteiger partial charge in [0.15, 0.2) is 11.5 Å². The molecule has 3 rings (SSSR count). The number of carbonyl (C=O) groups is 1. The van der Waals surface area contributed by atoms with Crippen LogP contribution in [0.3, 0.4) is 0 Å². The smallest absolute Gasteiger partial charge is 0.339 e. The van der Waals surface area contributed by atoms with E-state index in [1.807, 2.05) is 0 Å². The van der Waals surface area contributed by atoms with Crippen LogP contribution >= 0.6 is 0 Å². The summed E-state index contributed by atoms with van der Waals surface area (Å²) < 4.78 is 6.38. The lowest BCUT2D eigenvalue weighted by atomic mass is 9.98. The highest BCUT2D eigenvalue weighted by atomic mass is 16.5. The van der Waals surface area contributed by atoms with Gasteiger partial charge in [0.2, 0.25) is 0 Å². The zero-order chi connectivity index (χ0) is 14.1. The maximum Gasteiger partial charge on any atom is 0.339 e. The highest BCUT2D eigenvalue weighted by molar-refractivity contribution is 5.89. The van der Waals surface area contributed by atoms with Gasteiger partial charge in [0.1, 0.15) is 0 Å². The molecule has 6 heteroatoms. The average Bonchev–Trinajstić information content (AvgIpc) is 2.89. The van der Waals surface area contributed by atoms with E-state index in [-0.39, 0.29) is 5.97 Å². The van der Waals surface area contributed by atoms with Crippen LogP contribution in [0.2, 0.25) is 0 Å². The molecule has 6 nitrogen and oxygen atoms in total. The lowest BCUT2D eigenvalue weighted by Gasteiger charge is -2.27. The van der Waals surface area contributed by atoms with Crippen LogP contribution in [-0.4, -0.2) is 52.7 Å². The molecule has 0 radical (unpaired) electrons. The minimum absolute atomic E-state index is 0.360. The Balaban J connectivity index is 1.92. The molecule has 2 aromatic rings. The van der Waals surface area contributed by atoms with Crippen LogP contribution in [0.5, 0.6) is 0 Å². The van der Waals surface area contributed by atoms with Gasteiger partial charge in [-0.25, -0.2) is 14.3 Å². The van der Waals surface area contributed by atoms with Crippen LogP contribution in [0.4, 0.5) is 0 Å². The van der Waals surface area contributed by atoms with Crippen LogP contribution in [0.1, 0.15) is 34.9 Å². The van der Waals surface area contributed by atoms with Gasteiger partial charge in [-0.15, -0.1) is 0 Å². The Morgan fingerprint density at radius 3 is 3.05 bits per heavy atom. The monoisotopic (exact) mass is 274 g/mol. The van der Waals surface area contributed by atoms with E-state index < -0.39 is 0 Å². The molecule has 1 unspecified atom stereocenters. The van der Waals surface area contributed by atoms with E-state index in [0.29, 0.717) is 11.5 Å². The second-order valence-electron chi connectivity index (χ2n) is 5.28. The van der Waals surface area contributed by atoms with Gasteiger partial charge in [-0.05, 0) is 38.6 Å². The molecule has 1 atom stereocenters.